The lowest BCUT2D eigenvalue weighted by Gasteiger charge is -2.26. The van der Waals surface area contributed by atoms with Crippen LogP contribution < -0.4 is 5.73 Å². The smallest absolute Gasteiger partial charge is 0.0211 e. The molecule has 18 heavy (non-hydrogen) atoms. The summed E-state index contributed by atoms with van der Waals surface area (Å²) >= 11 is 3.64. The molecule has 1 atom stereocenters. The van der Waals surface area contributed by atoms with Crippen molar-refractivity contribution in [3.63, 3.8) is 0 Å². The van der Waals surface area contributed by atoms with E-state index in [0.29, 0.717) is 5.92 Å². The Bertz CT molecular complexity index is 359. The lowest BCUT2D eigenvalue weighted by Crippen LogP contribution is -2.32. The van der Waals surface area contributed by atoms with Crippen LogP contribution >= 0.6 is 15.9 Å². The van der Waals surface area contributed by atoms with Crippen molar-refractivity contribution in [1.29, 1.82) is 0 Å². The van der Waals surface area contributed by atoms with E-state index in [2.05, 4.69) is 45.1 Å². The van der Waals surface area contributed by atoms with Crippen LogP contribution in [0.2, 0.25) is 0 Å². The Morgan fingerprint density at radius 1 is 1.11 bits per heavy atom. The van der Waals surface area contributed by atoms with Gasteiger partial charge in [-0.15, -0.1) is 0 Å². The van der Waals surface area contributed by atoms with Crippen LogP contribution in [0.25, 0.3) is 0 Å². The van der Waals surface area contributed by atoms with Gasteiger partial charge in [0.25, 0.3) is 0 Å². The van der Waals surface area contributed by atoms with Gasteiger partial charge in [0.1, 0.15) is 0 Å². The first-order chi connectivity index (χ1) is 8.81. The van der Waals surface area contributed by atoms with Gasteiger partial charge >= 0.3 is 0 Å². The number of nitrogens with zero attached hydrogens (tertiary/aromatic N) is 1. The number of nitrogens with two attached hydrogens (primary N) is 1. The number of halogens is 1. The van der Waals surface area contributed by atoms with Crippen molar-refractivity contribution in [2.75, 3.05) is 26.2 Å². The van der Waals surface area contributed by atoms with Gasteiger partial charge in [0, 0.05) is 23.5 Å². The van der Waals surface area contributed by atoms with E-state index in [9.17, 15) is 0 Å². The Balaban J connectivity index is 2.02. The highest BCUT2D eigenvalue weighted by molar-refractivity contribution is 9.10. The summed E-state index contributed by atoms with van der Waals surface area (Å²) in [7, 11) is 0. The summed E-state index contributed by atoms with van der Waals surface area (Å²) in [5.41, 5.74) is 7.33. The molecular formula is C15H23BrN2. The molecule has 0 aromatic heterocycles. The van der Waals surface area contributed by atoms with E-state index in [1.165, 1.54) is 48.8 Å². The first kappa shape index (κ1) is 14.0. The van der Waals surface area contributed by atoms with Gasteiger partial charge in [-0.25, -0.2) is 0 Å². The fourth-order valence-corrected chi connectivity index (χ4v) is 3.34. The molecule has 1 aliphatic rings. The summed E-state index contributed by atoms with van der Waals surface area (Å²) in [5, 5.41) is 0. The molecular weight excluding hydrogens is 288 g/mol. The van der Waals surface area contributed by atoms with Crippen LogP contribution in [0.1, 0.15) is 37.2 Å². The van der Waals surface area contributed by atoms with Crippen LogP contribution in [-0.2, 0) is 0 Å². The highest BCUT2D eigenvalue weighted by Gasteiger charge is 2.17. The number of benzene rings is 1. The van der Waals surface area contributed by atoms with E-state index in [1.54, 1.807) is 0 Å². The zero-order chi connectivity index (χ0) is 12.8. The van der Waals surface area contributed by atoms with Crippen molar-refractivity contribution in [1.82, 2.24) is 4.90 Å². The molecule has 2 nitrogen and oxygen atoms in total. The first-order valence-electron chi connectivity index (χ1n) is 6.98. The van der Waals surface area contributed by atoms with Crippen LogP contribution in [0.3, 0.4) is 0 Å². The van der Waals surface area contributed by atoms with E-state index < -0.39 is 0 Å². The molecule has 3 heteroatoms. The lowest BCUT2D eigenvalue weighted by atomic mass is 9.98. The minimum atomic E-state index is 0.443. The van der Waals surface area contributed by atoms with Crippen molar-refractivity contribution in [3.8, 4) is 0 Å². The largest absolute Gasteiger partial charge is 0.330 e. The van der Waals surface area contributed by atoms with Crippen LogP contribution in [0.15, 0.2) is 28.7 Å². The third kappa shape index (κ3) is 3.81. The molecule has 100 valence electrons. The van der Waals surface area contributed by atoms with E-state index in [1.807, 2.05) is 0 Å². The lowest BCUT2D eigenvalue weighted by molar-refractivity contribution is 0.267. The normalized spacial score (nSPS) is 19.4. The van der Waals surface area contributed by atoms with Crippen LogP contribution in [0, 0.1) is 0 Å². The number of hydrogen-bond donors (Lipinski definition) is 1. The Kier molecular flexibility index (Phi) is 5.67. The fourth-order valence-electron chi connectivity index (χ4n) is 2.74. The molecule has 0 aliphatic carbocycles. The standard InChI is InChI=1S/C15H23BrN2/c16-15-8-4-3-7-14(15)13(11-17)12-18-9-5-1-2-6-10-18/h3-4,7-8,13H,1-2,5-6,9-12,17H2. The molecule has 0 spiro atoms. The zero-order valence-corrected chi connectivity index (χ0v) is 12.5. The molecule has 1 heterocycles. The maximum atomic E-state index is 5.98. The molecule has 1 saturated heterocycles. The van der Waals surface area contributed by atoms with Gasteiger partial charge in [0.05, 0.1) is 0 Å². The van der Waals surface area contributed by atoms with Gasteiger partial charge in [0.15, 0.2) is 0 Å². The van der Waals surface area contributed by atoms with Crippen molar-refractivity contribution >= 4 is 15.9 Å². The number of hydrogen-bond acceptors (Lipinski definition) is 2. The molecule has 1 aromatic carbocycles. The molecule has 0 bridgehead atoms. The summed E-state index contributed by atoms with van der Waals surface area (Å²) in [6.45, 7) is 4.29. The summed E-state index contributed by atoms with van der Waals surface area (Å²) in [6, 6.07) is 8.47. The monoisotopic (exact) mass is 310 g/mol. The van der Waals surface area contributed by atoms with Gasteiger partial charge in [-0.1, -0.05) is 47.0 Å². The van der Waals surface area contributed by atoms with E-state index in [4.69, 9.17) is 5.73 Å². The predicted molar refractivity (Wildman–Crippen MR) is 80.8 cm³/mol. The van der Waals surface area contributed by atoms with Crippen molar-refractivity contribution in [2.24, 2.45) is 5.73 Å². The van der Waals surface area contributed by atoms with Crippen LogP contribution in [0.4, 0.5) is 0 Å². The van der Waals surface area contributed by atoms with E-state index in [-0.39, 0.29) is 0 Å². The second kappa shape index (κ2) is 7.27. The predicted octanol–water partition coefficient (Wildman–Crippen LogP) is 3.37. The van der Waals surface area contributed by atoms with Crippen LogP contribution in [-0.4, -0.2) is 31.1 Å². The summed E-state index contributed by atoms with van der Waals surface area (Å²) in [6.07, 6.45) is 5.46. The molecule has 0 radical (unpaired) electrons. The zero-order valence-electron chi connectivity index (χ0n) is 10.9. The maximum Gasteiger partial charge on any atom is 0.0211 e. The maximum absolute atomic E-state index is 5.98. The summed E-state index contributed by atoms with van der Waals surface area (Å²) in [5.74, 6) is 0.443. The average Bonchev–Trinajstić information content (AvgIpc) is 2.65. The molecule has 1 fully saturated rings. The minimum Gasteiger partial charge on any atom is -0.330 e. The van der Waals surface area contributed by atoms with Crippen molar-refractivity contribution in [2.45, 2.75) is 31.6 Å². The molecule has 0 saturated carbocycles. The number of likely N-dealkylation sites (tertiary alicyclic amines) is 1. The molecule has 1 aliphatic heterocycles. The Morgan fingerprint density at radius 3 is 2.39 bits per heavy atom. The van der Waals surface area contributed by atoms with Gasteiger partial charge in [-0.3, -0.25) is 0 Å². The fraction of sp³-hybridized carbons (Fsp3) is 0.600. The SMILES string of the molecule is NCC(CN1CCCCCC1)c1ccccc1Br. The second-order valence-electron chi connectivity index (χ2n) is 5.17. The van der Waals surface area contributed by atoms with Gasteiger partial charge in [0.2, 0.25) is 0 Å². The number of rotatable bonds is 4. The van der Waals surface area contributed by atoms with E-state index in [0.717, 1.165) is 13.1 Å². The second-order valence-corrected chi connectivity index (χ2v) is 6.02. The van der Waals surface area contributed by atoms with E-state index >= 15 is 0 Å². The molecule has 0 amide bonds. The molecule has 2 N–H and O–H groups in total. The summed E-state index contributed by atoms with van der Waals surface area (Å²) < 4.78 is 1.19. The third-order valence-electron chi connectivity index (χ3n) is 3.81. The quantitative estimate of drug-likeness (QED) is 0.924. The molecule has 2 rings (SSSR count). The topological polar surface area (TPSA) is 29.3 Å². The summed E-state index contributed by atoms with van der Waals surface area (Å²) in [4.78, 5) is 2.59. The minimum absolute atomic E-state index is 0.443. The first-order valence-corrected chi connectivity index (χ1v) is 7.77. The Hall–Kier alpha value is -0.380. The van der Waals surface area contributed by atoms with Gasteiger partial charge in [-0.2, -0.15) is 0 Å². The highest BCUT2D eigenvalue weighted by atomic mass is 79.9. The Morgan fingerprint density at radius 2 is 1.78 bits per heavy atom. The van der Waals surface area contributed by atoms with Gasteiger partial charge < -0.3 is 10.6 Å². The highest BCUT2D eigenvalue weighted by Crippen LogP contribution is 2.25. The van der Waals surface area contributed by atoms with Crippen molar-refractivity contribution in [3.05, 3.63) is 34.3 Å². The Labute approximate surface area is 119 Å². The average molecular weight is 311 g/mol. The van der Waals surface area contributed by atoms with Crippen molar-refractivity contribution < 1.29 is 0 Å². The third-order valence-corrected chi connectivity index (χ3v) is 4.53. The molecule has 1 unspecified atom stereocenters. The van der Waals surface area contributed by atoms with Gasteiger partial charge in [-0.05, 0) is 37.6 Å². The molecule has 1 aromatic rings. The van der Waals surface area contributed by atoms with Crippen LogP contribution in [0.5, 0.6) is 0 Å².